The van der Waals surface area contributed by atoms with E-state index in [-0.39, 0.29) is 0 Å². The third-order valence-corrected chi connectivity index (χ3v) is 2.83. The van der Waals surface area contributed by atoms with Crippen LogP contribution in [-0.2, 0) is 0 Å². The topological polar surface area (TPSA) is 20.2 Å². The Morgan fingerprint density at radius 1 is 1.20 bits per heavy atom. The highest BCUT2D eigenvalue weighted by molar-refractivity contribution is 4.73. The van der Waals surface area contributed by atoms with Gasteiger partial charge in [-0.1, -0.05) is 32.6 Å². The van der Waals surface area contributed by atoms with Gasteiger partial charge in [0, 0.05) is 6.61 Å². The molecule has 0 amide bonds. The van der Waals surface area contributed by atoms with Crippen molar-refractivity contribution in [1.82, 2.24) is 0 Å². The molecule has 1 N–H and O–H groups in total. The predicted molar refractivity (Wildman–Crippen MR) is 42.8 cm³/mol. The summed E-state index contributed by atoms with van der Waals surface area (Å²) < 4.78 is 0. The maximum Gasteiger partial charge on any atom is 0.0461 e. The molecule has 2 unspecified atom stereocenters. The second kappa shape index (κ2) is 3.97. The molecule has 0 aromatic heterocycles. The van der Waals surface area contributed by atoms with Crippen molar-refractivity contribution in [3.05, 3.63) is 0 Å². The minimum absolute atomic E-state index is 0.415. The van der Waals surface area contributed by atoms with Gasteiger partial charge in [-0.15, -0.1) is 0 Å². The van der Waals surface area contributed by atoms with Gasteiger partial charge in [-0.25, -0.2) is 0 Å². The van der Waals surface area contributed by atoms with Gasteiger partial charge in [0.15, 0.2) is 0 Å². The van der Waals surface area contributed by atoms with Crippen molar-refractivity contribution in [1.29, 1.82) is 0 Å². The minimum atomic E-state index is 0.415. The highest BCUT2D eigenvalue weighted by Crippen LogP contribution is 2.31. The SMILES string of the molecule is CCC1CCCCC1CO. The Labute approximate surface area is 63.4 Å². The van der Waals surface area contributed by atoms with Crippen LogP contribution >= 0.6 is 0 Å². The maximum atomic E-state index is 8.99. The van der Waals surface area contributed by atoms with Gasteiger partial charge in [0.2, 0.25) is 0 Å². The normalized spacial score (nSPS) is 34.2. The number of aliphatic hydroxyl groups excluding tert-OH is 1. The van der Waals surface area contributed by atoms with E-state index in [0.717, 1.165) is 5.92 Å². The Hall–Kier alpha value is -0.0400. The van der Waals surface area contributed by atoms with Crippen LogP contribution in [0, 0.1) is 11.8 Å². The van der Waals surface area contributed by atoms with Crippen molar-refractivity contribution >= 4 is 0 Å². The summed E-state index contributed by atoms with van der Waals surface area (Å²) in [6.45, 7) is 2.65. The van der Waals surface area contributed by atoms with Gasteiger partial charge >= 0.3 is 0 Å². The molecule has 0 saturated heterocycles. The summed E-state index contributed by atoms with van der Waals surface area (Å²) in [7, 11) is 0. The van der Waals surface area contributed by atoms with Crippen molar-refractivity contribution in [2.75, 3.05) is 6.61 Å². The number of hydrogen-bond acceptors (Lipinski definition) is 1. The lowest BCUT2D eigenvalue weighted by atomic mass is 9.78. The fraction of sp³-hybridized carbons (Fsp3) is 1.00. The second-order valence-corrected chi connectivity index (χ2v) is 3.40. The summed E-state index contributed by atoms with van der Waals surface area (Å²) in [6.07, 6.45) is 6.58. The molecule has 1 saturated carbocycles. The number of aliphatic hydroxyl groups is 1. The standard InChI is InChI=1S/C9H18O/c1-2-8-5-3-4-6-9(8)7-10/h8-10H,2-7H2,1H3. The molecular formula is C9H18O. The van der Waals surface area contributed by atoms with Crippen molar-refractivity contribution in [2.24, 2.45) is 11.8 Å². The molecule has 1 rings (SSSR count). The molecule has 1 nitrogen and oxygen atoms in total. The van der Waals surface area contributed by atoms with Crippen LogP contribution < -0.4 is 0 Å². The molecule has 0 spiro atoms. The number of rotatable bonds is 2. The summed E-state index contributed by atoms with van der Waals surface area (Å²) in [4.78, 5) is 0. The first-order valence-electron chi connectivity index (χ1n) is 4.49. The van der Waals surface area contributed by atoms with Crippen LogP contribution in [0.25, 0.3) is 0 Å². The van der Waals surface area contributed by atoms with Gasteiger partial charge < -0.3 is 5.11 Å². The molecule has 10 heavy (non-hydrogen) atoms. The van der Waals surface area contributed by atoms with Crippen molar-refractivity contribution in [3.63, 3.8) is 0 Å². The highest BCUT2D eigenvalue weighted by Gasteiger charge is 2.22. The Kier molecular flexibility index (Phi) is 3.20. The van der Waals surface area contributed by atoms with Crippen molar-refractivity contribution in [2.45, 2.75) is 39.0 Å². The van der Waals surface area contributed by atoms with Crippen LogP contribution in [0.2, 0.25) is 0 Å². The second-order valence-electron chi connectivity index (χ2n) is 3.40. The summed E-state index contributed by atoms with van der Waals surface area (Å²) >= 11 is 0. The van der Waals surface area contributed by atoms with Crippen LogP contribution in [0.4, 0.5) is 0 Å². The number of hydrogen-bond donors (Lipinski definition) is 1. The zero-order valence-corrected chi connectivity index (χ0v) is 6.84. The maximum absolute atomic E-state index is 8.99. The molecule has 1 aliphatic carbocycles. The first kappa shape index (κ1) is 8.06. The van der Waals surface area contributed by atoms with E-state index in [9.17, 15) is 0 Å². The molecule has 0 radical (unpaired) electrons. The lowest BCUT2D eigenvalue weighted by molar-refractivity contribution is 0.132. The van der Waals surface area contributed by atoms with Gasteiger partial charge in [0.25, 0.3) is 0 Å². The average Bonchev–Trinajstić information content (AvgIpc) is 2.04. The van der Waals surface area contributed by atoms with Crippen molar-refractivity contribution in [3.8, 4) is 0 Å². The van der Waals surface area contributed by atoms with Crippen LogP contribution in [0.1, 0.15) is 39.0 Å². The average molecular weight is 142 g/mol. The Morgan fingerprint density at radius 3 is 2.20 bits per heavy atom. The van der Waals surface area contributed by atoms with E-state index in [1.807, 2.05) is 0 Å². The minimum Gasteiger partial charge on any atom is -0.396 e. The fourth-order valence-corrected chi connectivity index (χ4v) is 2.06. The molecule has 1 aliphatic rings. The monoisotopic (exact) mass is 142 g/mol. The van der Waals surface area contributed by atoms with E-state index in [1.165, 1.54) is 32.1 Å². The smallest absolute Gasteiger partial charge is 0.0461 e. The summed E-state index contributed by atoms with van der Waals surface area (Å²) in [5.41, 5.74) is 0. The van der Waals surface area contributed by atoms with Crippen molar-refractivity contribution < 1.29 is 5.11 Å². The lowest BCUT2D eigenvalue weighted by Crippen LogP contribution is -2.21. The molecule has 1 fully saturated rings. The van der Waals surface area contributed by atoms with Gasteiger partial charge in [-0.2, -0.15) is 0 Å². The molecule has 2 atom stereocenters. The van der Waals surface area contributed by atoms with E-state index in [4.69, 9.17) is 5.11 Å². The van der Waals surface area contributed by atoms with Gasteiger partial charge in [-0.05, 0) is 18.3 Å². The van der Waals surface area contributed by atoms with E-state index in [1.54, 1.807) is 0 Å². The van der Waals surface area contributed by atoms with E-state index < -0.39 is 0 Å². The molecule has 0 heterocycles. The third-order valence-electron chi connectivity index (χ3n) is 2.83. The van der Waals surface area contributed by atoms with E-state index in [0.29, 0.717) is 12.5 Å². The Morgan fingerprint density at radius 2 is 1.80 bits per heavy atom. The molecule has 1 heteroatoms. The Balaban J connectivity index is 2.34. The van der Waals surface area contributed by atoms with Crippen LogP contribution in [-0.4, -0.2) is 11.7 Å². The Bertz CT molecular complexity index is 78.7. The summed E-state index contributed by atoms with van der Waals surface area (Å²) in [5.74, 6) is 1.44. The summed E-state index contributed by atoms with van der Waals surface area (Å²) in [6, 6.07) is 0. The van der Waals surface area contributed by atoms with Gasteiger partial charge in [0.05, 0.1) is 0 Å². The first-order chi connectivity index (χ1) is 4.88. The molecule has 0 aromatic carbocycles. The molecule has 0 bridgehead atoms. The predicted octanol–water partition coefficient (Wildman–Crippen LogP) is 2.20. The van der Waals surface area contributed by atoms with E-state index in [2.05, 4.69) is 6.92 Å². The third kappa shape index (κ3) is 1.72. The van der Waals surface area contributed by atoms with Crippen LogP contribution in [0.5, 0.6) is 0 Å². The van der Waals surface area contributed by atoms with Gasteiger partial charge in [-0.3, -0.25) is 0 Å². The zero-order valence-electron chi connectivity index (χ0n) is 6.84. The largest absolute Gasteiger partial charge is 0.396 e. The summed E-state index contributed by atoms with van der Waals surface area (Å²) in [5, 5.41) is 8.99. The molecule has 0 aromatic rings. The van der Waals surface area contributed by atoms with E-state index >= 15 is 0 Å². The quantitative estimate of drug-likeness (QED) is 0.626. The lowest BCUT2D eigenvalue weighted by Gasteiger charge is -2.28. The zero-order chi connectivity index (χ0) is 7.40. The van der Waals surface area contributed by atoms with Crippen LogP contribution in [0.15, 0.2) is 0 Å². The molecular weight excluding hydrogens is 124 g/mol. The van der Waals surface area contributed by atoms with Crippen LogP contribution in [0.3, 0.4) is 0 Å². The molecule has 0 aliphatic heterocycles. The van der Waals surface area contributed by atoms with Gasteiger partial charge in [0.1, 0.15) is 0 Å². The molecule has 60 valence electrons. The first-order valence-corrected chi connectivity index (χ1v) is 4.49. The highest BCUT2D eigenvalue weighted by atomic mass is 16.3. The fourth-order valence-electron chi connectivity index (χ4n) is 2.06.